The van der Waals surface area contributed by atoms with E-state index in [1.165, 1.54) is 4.44 Å². The second-order valence-electron chi connectivity index (χ2n) is 5.73. The topological polar surface area (TPSA) is 53.5 Å². The third kappa shape index (κ3) is 2.43. The van der Waals surface area contributed by atoms with E-state index in [-0.39, 0.29) is 26.4 Å². The van der Waals surface area contributed by atoms with Crippen molar-refractivity contribution in [3.63, 3.8) is 0 Å². The maximum absolute atomic E-state index is 6.16. The molecule has 0 radical (unpaired) electrons. The Morgan fingerprint density at radius 3 is 2.67 bits per heavy atom. The van der Waals surface area contributed by atoms with Gasteiger partial charge in [0.1, 0.15) is 0 Å². The molecule has 0 saturated carbocycles. The maximum atomic E-state index is 6.16. The Balaban J connectivity index is 2.17. The van der Waals surface area contributed by atoms with E-state index in [1.54, 1.807) is 7.11 Å². The van der Waals surface area contributed by atoms with E-state index in [2.05, 4.69) is 23.0 Å². The van der Waals surface area contributed by atoms with Gasteiger partial charge in [-0.1, -0.05) is 0 Å². The van der Waals surface area contributed by atoms with Gasteiger partial charge in [-0.25, -0.2) is 0 Å². The summed E-state index contributed by atoms with van der Waals surface area (Å²) in [4.78, 5) is 0. The van der Waals surface area contributed by atoms with Crippen LogP contribution in [0.3, 0.4) is 0 Å². The van der Waals surface area contributed by atoms with Crippen LogP contribution in [0, 0.1) is 0 Å². The van der Waals surface area contributed by atoms with Crippen LogP contribution < -0.4 is 14.2 Å². The summed E-state index contributed by atoms with van der Waals surface area (Å²) in [6, 6.07) is 3.82. The fourth-order valence-electron chi connectivity index (χ4n) is 2.40. The average Bonchev–Trinajstić information content (AvgIpc) is 2.87. The molecule has 0 bridgehead atoms. The SMILES string of the molecule is COc1cc2c(cc1OC(C)C)OC(C)(C)c1[se]nnc1-2. The Morgan fingerprint density at radius 2 is 2.00 bits per heavy atom. The molecule has 0 saturated heterocycles. The van der Waals surface area contributed by atoms with E-state index in [4.69, 9.17) is 14.2 Å². The number of ether oxygens (including phenoxy) is 3. The van der Waals surface area contributed by atoms with Crippen molar-refractivity contribution in [2.75, 3.05) is 7.11 Å². The predicted molar refractivity (Wildman–Crippen MR) is 80.4 cm³/mol. The molecule has 0 aliphatic carbocycles. The van der Waals surface area contributed by atoms with Crippen molar-refractivity contribution in [2.45, 2.75) is 39.4 Å². The summed E-state index contributed by atoms with van der Waals surface area (Å²) in [6.45, 7) is 8.07. The van der Waals surface area contributed by atoms with Crippen LogP contribution in [0.1, 0.15) is 32.1 Å². The van der Waals surface area contributed by atoms with Gasteiger partial charge in [0.05, 0.1) is 0 Å². The van der Waals surface area contributed by atoms with E-state index in [0.717, 1.165) is 17.0 Å². The molecule has 1 aliphatic rings. The fourth-order valence-corrected chi connectivity index (χ4v) is 3.87. The second-order valence-corrected chi connectivity index (χ2v) is 7.31. The average molecular weight is 353 g/mol. The number of benzene rings is 1. The van der Waals surface area contributed by atoms with Crippen LogP contribution in [0.4, 0.5) is 0 Å². The van der Waals surface area contributed by atoms with Crippen LogP contribution in [0.15, 0.2) is 12.1 Å². The first kappa shape index (κ1) is 14.4. The van der Waals surface area contributed by atoms with Gasteiger partial charge in [0.25, 0.3) is 0 Å². The molecule has 3 rings (SSSR count). The molecule has 2 heterocycles. The van der Waals surface area contributed by atoms with Crippen LogP contribution in [-0.2, 0) is 5.60 Å². The molecule has 1 aromatic carbocycles. The molecular weight excluding hydrogens is 335 g/mol. The molecule has 0 spiro atoms. The molecule has 21 heavy (non-hydrogen) atoms. The van der Waals surface area contributed by atoms with Gasteiger partial charge in [-0.15, -0.1) is 0 Å². The first-order chi connectivity index (χ1) is 9.92. The van der Waals surface area contributed by atoms with E-state index in [9.17, 15) is 0 Å². The van der Waals surface area contributed by atoms with Gasteiger partial charge in [0.2, 0.25) is 0 Å². The van der Waals surface area contributed by atoms with Gasteiger partial charge in [0, 0.05) is 0 Å². The van der Waals surface area contributed by atoms with E-state index >= 15 is 0 Å². The Morgan fingerprint density at radius 1 is 1.24 bits per heavy atom. The molecule has 1 aromatic heterocycles. The number of nitrogens with zero attached hydrogens (tertiary/aromatic N) is 2. The van der Waals surface area contributed by atoms with E-state index in [0.29, 0.717) is 11.5 Å². The van der Waals surface area contributed by atoms with Crippen molar-refractivity contribution >= 4 is 14.7 Å². The standard InChI is InChI=1S/C15H18N2O3Se/c1-8(2)19-12-7-10-9(6-11(12)18-5)13-14(21-17-16-13)15(3,4)20-10/h6-8H,1-5H3. The summed E-state index contributed by atoms with van der Waals surface area (Å²) in [6.07, 6.45) is 0.0674. The first-order valence-electron chi connectivity index (χ1n) is 6.83. The van der Waals surface area contributed by atoms with Crippen LogP contribution >= 0.6 is 0 Å². The normalized spacial score (nSPS) is 15.1. The zero-order valence-electron chi connectivity index (χ0n) is 12.8. The van der Waals surface area contributed by atoms with Crippen molar-refractivity contribution in [2.24, 2.45) is 0 Å². The third-order valence-corrected chi connectivity index (χ3v) is 5.45. The fraction of sp³-hybridized carbons (Fsp3) is 0.467. The molecule has 5 nitrogen and oxygen atoms in total. The summed E-state index contributed by atoms with van der Waals surface area (Å²) in [5.41, 5.74) is 1.48. The van der Waals surface area contributed by atoms with Gasteiger partial charge >= 0.3 is 130 Å². The van der Waals surface area contributed by atoms with Crippen molar-refractivity contribution in [1.29, 1.82) is 0 Å². The number of hydrogen-bond acceptors (Lipinski definition) is 5. The molecule has 112 valence electrons. The molecule has 2 aromatic rings. The Labute approximate surface area is 130 Å². The van der Waals surface area contributed by atoms with E-state index in [1.807, 2.05) is 26.0 Å². The Bertz CT molecular complexity index is 680. The number of aromatic nitrogens is 2. The minimum atomic E-state index is -0.379. The van der Waals surface area contributed by atoms with Gasteiger partial charge < -0.3 is 0 Å². The predicted octanol–water partition coefficient (Wildman–Crippen LogP) is 2.62. The van der Waals surface area contributed by atoms with Crippen molar-refractivity contribution < 1.29 is 14.2 Å². The van der Waals surface area contributed by atoms with Gasteiger partial charge in [0.15, 0.2) is 0 Å². The van der Waals surface area contributed by atoms with Gasteiger partial charge in [-0.2, -0.15) is 0 Å². The molecule has 0 amide bonds. The molecule has 0 unspecified atom stereocenters. The van der Waals surface area contributed by atoms with Gasteiger partial charge in [-0.05, 0) is 0 Å². The monoisotopic (exact) mass is 354 g/mol. The molecule has 0 fully saturated rings. The summed E-state index contributed by atoms with van der Waals surface area (Å²) >= 11 is 0.0108. The molecular formula is C15H18N2O3Se. The van der Waals surface area contributed by atoms with Crippen LogP contribution in [0.25, 0.3) is 11.3 Å². The van der Waals surface area contributed by atoms with Crippen molar-refractivity contribution in [3.8, 4) is 28.5 Å². The number of methoxy groups -OCH3 is 1. The molecule has 0 atom stereocenters. The quantitative estimate of drug-likeness (QED) is 0.794. The first-order valence-corrected chi connectivity index (χ1v) is 8.45. The molecule has 0 N–H and O–H groups in total. The molecule has 1 aliphatic heterocycles. The minimum absolute atomic E-state index is 0.0108. The Hall–Kier alpha value is -1.52. The number of fused-ring (bicyclic) bond motifs is 3. The van der Waals surface area contributed by atoms with Gasteiger partial charge in [-0.3, -0.25) is 0 Å². The van der Waals surface area contributed by atoms with Crippen LogP contribution in [0.5, 0.6) is 17.2 Å². The summed E-state index contributed by atoms with van der Waals surface area (Å²) in [5.74, 6) is 2.14. The number of rotatable bonds is 3. The van der Waals surface area contributed by atoms with E-state index < -0.39 is 0 Å². The van der Waals surface area contributed by atoms with Crippen molar-refractivity contribution in [3.05, 3.63) is 16.6 Å². The van der Waals surface area contributed by atoms with Crippen LogP contribution in [-0.4, -0.2) is 37.1 Å². The van der Waals surface area contributed by atoms with Crippen molar-refractivity contribution in [1.82, 2.24) is 9.19 Å². The zero-order chi connectivity index (χ0) is 15.2. The summed E-state index contributed by atoms with van der Waals surface area (Å²) in [5, 5.41) is 4.32. The molecule has 6 heteroatoms. The summed E-state index contributed by atoms with van der Waals surface area (Å²) in [7, 11) is 1.64. The summed E-state index contributed by atoms with van der Waals surface area (Å²) < 4.78 is 22.8. The zero-order valence-corrected chi connectivity index (χ0v) is 14.5. The number of hydrogen-bond donors (Lipinski definition) is 0. The third-order valence-electron chi connectivity index (χ3n) is 3.28. The Kier molecular flexibility index (Phi) is 3.46. The second kappa shape index (κ2) is 5.04. The van der Waals surface area contributed by atoms with Crippen LogP contribution in [0.2, 0.25) is 0 Å².